The Morgan fingerprint density at radius 3 is 1.69 bits per heavy atom. The molecule has 2 aromatic rings. The van der Waals surface area contributed by atoms with Gasteiger partial charge in [-0.2, -0.15) is 0 Å². The molecule has 0 spiro atoms. The molecule has 138 valence electrons. The summed E-state index contributed by atoms with van der Waals surface area (Å²) in [4.78, 5) is 0. The number of rotatable bonds is 3. The SMILES string of the molecule is COc1c(C)cc2c(c1-c1c3c(cc(C)c1OP)CCCC3)CCCC2. The fourth-order valence-corrected chi connectivity index (χ4v) is 5.32. The van der Waals surface area contributed by atoms with Crippen LogP contribution in [0.4, 0.5) is 0 Å². The molecule has 0 radical (unpaired) electrons. The van der Waals surface area contributed by atoms with Gasteiger partial charge >= 0.3 is 0 Å². The molecule has 0 fully saturated rings. The second-order valence-electron chi connectivity index (χ2n) is 7.81. The summed E-state index contributed by atoms with van der Waals surface area (Å²) in [5, 5.41) is 0. The first-order chi connectivity index (χ1) is 12.7. The topological polar surface area (TPSA) is 18.5 Å². The molecule has 0 saturated carbocycles. The molecule has 1 atom stereocenters. The predicted octanol–water partition coefficient (Wildman–Crippen LogP) is 5.91. The summed E-state index contributed by atoms with van der Waals surface area (Å²) in [6.45, 7) is 4.35. The lowest BCUT2D eigenvalue weighted by Gasteiger charge is -2.29. The molecule has 0 aromatic heterocycles. The molecule has 0 bridgehead atoms. The van der Waals surface area contributed by atoms with Crippen molar-refractivity contribution in [3.05, 3.63) is 45.5 Å². The average molecular weight is 368 g/mol. The molecular formula is C23H29O2P. The lowest BCUT2D eigenvalue weighted by atomic mass is 9.78. The van der Waals surface area contributed by atoms with Crippen LogP contribution in [0.1, 0.15) is 59.1 Å². The van der Waals surface area contributed by atoms with E-state index in [1.807, 2.05) is 7.11 Å². The Kier molecular flexibility index (Phi) is 4.97. The van der Waals surface area contributed by atoms with Gasteiger partial charge in [-0.1, -0.05) is 12.1 Å². The van der Waals surface area contributed by atoms with Gasteiger partial charge in [-0.05, 0) is 98.6 Å². The first kappa shape index (κ1) is 17.9. The van der Waals surface area contributed by atoms with Crippen molar-refractivity contribution >= 4 is 9.47 Å². The minimum Gasteiger partial charge on any atom is -0.496 e. The summed E-state index contributed by atoms with van der Waals surface area (Å²) in [5.41, 5.74) is 11.0. The maximum atomic E-state index is 5.96. The van der Waals surface area contributed by atoms with Crippen molar-refractivity contribution in [2.45, 2.75) is 65.2 Å². The standard InChI is InChI=1S/C23H29O2P/c1-14-12-16-8-4-6-10-18(16)20(22(14)24-3)21-19-11-7-5-9-17(19)13-15(2)23(21)25-26/h12-13H,4-11,26H2,1-3H3. The van der Waals surface area contributed by atoms with Crippen LogP contribution in [0.2, 0.25) is 0 Å². The smallest absolute Gasteiger partial charge is 0.133 e. The second-order valence-corrected chi connectivity index (χ2v) is 8.04. The summed E-state index contributed by atoms with van der Waals surface area (Å²) in [7, 11) is 4.29. The van der Waals surface area contributed by atoms with Crippen molar-refractivity contribution in [2.24, 2.45) is 0 Å². The van der Waals surface area contributed by atoms with Crippen molar-refractivity contribution in [2.75, 3.05) is 7.11 Å². The Hall–Kier alpha value is -1.53. The molecular weight excluding hydrogens is 339 g/mol. The molecule has 1 unspecified atom stereocenters. The van der Waals surface area contributed by atoms with E-state index in [4.69, 9.17) is 9.26 Å². The van der Waals surface area contributed by atoms with E-state index in [0.717, 1.165) is 24.3 Å². The molecule has 26 heavy (non-hydrogen) atoms. The van der Waals surface area contributed by atoms with Crippen LogP contribution in [-0.2, 0) is 25.7 Å². The molecule has 4 rings (SSSR count). The van der Waals surface area contributed by atoms with Gasteiger partial charge in [0, 0.05) is 11.1 Å². The van der Waals surface area contributed by atoms with Crippen LogP contribution in [0.25, 0.3) is 11.1 Å². The molecule has 3 heteroatoms. The van der Waals surface area contributed by atoms with Crippen molar-refractivity contribution in [3.63, 3.8) is 0 Å². The molecule has 0 N–H and O–H groups in total. The van der Waals surface area contributed by atoms with Crippen molar-refractivity contribution in [1.29, 1.82) is 0 Å². The van der Waals surface area contributed by atoms with Gasteiger partial charge in [-0.3, -0.25) is 0 Å². The molecule has 2 aliphatic rings. The maximum absolute atomic E-state index is 5.96. The van der Waals surface area contributed by atoms with Crippen LogP contribution in [0.15, 0.2) is 12.1 Å². The third kappa shape index (κ3) is 2.83. The summed E-state index contributed by atoms with van der Waals surface area (Å²) < 4.78 is 11.9. The number of methoxy groups -OCH3 is 1. The molecule has 2 aromatic carbocycles. The van der Waals surface area contributed by atoms with Gasteiger partial charge in [-0.25, -0.2) is 0 Å². The molecule has 0 amide bonds. The fraction of sp³-hybridized carbons (Fsp3) is 0.478. The lowest BCUT2D eigenvalue weighted by Crippen LogP contribution is -2.11. The van der Waals surface area contributed by atoms with E-state index in [2.05, 4.69) is 35.4 Å². The quantitative estimate of drug-likeness (QED) is 0.628. The normalized spacial score (nSPS) is 16.0. The molecule has 0 heterocycles. The Bertz CT molecular complexity index is 783. The van der Waals surface area contributed by atoms with E-state index in [1.54, 1.807) is 0 Å². The highest BCUT2D eigenvalue weighted by molar-refractivity contribution is 7.10. The summed E-state index contributed by atoms with van der Waals surface area (Å²) in [5.74, 6) is 2.04. The average Bonchev–Trinajstić information content (AvgIpc) is 2.66. The third-order valence-electron chi connectivity index (χ3n) is 6.15. The summed E-state index contributed by atoms with van der Waals surface area (Å²) >= 11 is 0. The Morgan fingerprint density at radius 2 is 1.19 bits per heavy atom. The molecule has 0 aliphatic heterocycles. The van der Waals surface area contributed by atoms with Crippen molar-refractivity contribution < 1.29 is 9.26 Å². The van der Waals surface area contributed by atoms with Gasteiger partial charge in [0.2, 0.25) is 0 Å². The number of fused-ring (bicyclic) bond motifs is 2. The Morgan fingerprint density at radius 1 is 0.731 bits per heavy atom. The first-order valence-electron chi connectivity index (χ1n) is 9.87. The molecule has 2 nitrogen and oxygen atoms in total. The molecule has 0 saturated heterocycles. The predicted molar refractivity (Wildman–Crippen MR) is 112 cm³/mol. The fourth-order valence-electron chi connectivity index (χ4n) is 5.01. The lowest BCUT2D eigenvalue weighted by molar-refractivity contribution is 0.412. The van der Waals surface area contributed by atoms with Crippen LogP contribution < -0.4 is 9.26 Å². The van der Waals surface area contributed by atoms with E-state index in [1.165, 1.54) is 83.0 Å². The number of ether oxygens (including phenoxy) is 1. The van der Waals surface area contributed by atoms with E-state index in [9.17, 15) is 0 Å². The van der Waals surface area contributed by atoms with E-state index >= 15 is 0 Å². The Labute approximate surface area is 159 Å². The highest BCUT2D eigenvalue weighted by Crippen LogP contribution is 2.49. The van der Waals surface area contributed by atoms with Crippen LogP contribution in [0.5, 0.6) is 11.5 Å². The number of hydrogen-bond acceptors (Lipinski definition) is 2. The minimum atomic E-state index is 1.01. The molecule has 2 aliphatic carbocycles. The minimum absolute atomic E-state index is 1.01. The van der Waals surface area contributed by atoms with E-state index in [0.29, 0.717) is 0 Å². The van der Waals surface area contributed by atoms with Crippen LogP contribution in [0.3, 0.4) is 0 Å². The zero-order valence-corrected chi connectivity index (χ0v) is 17.4. The van der Waals surface area contributed by atoms with E-state index in [-0.39, 0.29) is 0 Å². The van der Waals surface area contributed by atoms with Crippen molar-refractivity contribution in [3.8, 4) is 22.6 Å². The highest BCUT2D eigenvalue weighted by Gasteiger charge is 2.28. The van der Waals surface area contributed by atoms with Gasteiger partial charge < -0.3 is 9.26 Å². The van der Waals surface area contributed by atoms with Crippen LogP contribution in [0, 0.1) is 13.8 Å². The number of aryl methyl sites for hydroxylation is 4. The van der Waals surface area contributed by atoms with Crippen molar-refractivity contribution in [1.82, 2.24) is 0 Å². The van der Waals surface area contributed by atoms with Crippen LogP contribution >= 0.6 is 9.47 Å². The largest absolute Gasteiger partial charge is 0.496 e. The summed E-state index contributed by atoms with van der Waals surface area (Å²) in [6, 6.07) is 4.69. The first-order valence-corrected chi connectivity index (χ1v) is 10.3. The van der Waals surface area contributed by atoms with Crippen LogP contribution in [-0.4, -0.2) is 7.11 Å². The summed E-state index contributed by atoms with van der Waals surface area (Å²) in [6.07, 6.45) is 9.73. The second kappa shape index (κ2) is 7.24. The number of hydrogen-bond donors (Lipinski definition) is 0. The van der Waals surface area contributed by atoms with Gasteiger partial charge in [0.1, 0.15) is 11.5 Å². The monoisotopic (exact) mass is 368 g/mol. The van der Waals surface area contributed by atoms with Gasteiger partial charge in [0.25, 0.3) is 0 Å². The number of benzene rings is 2. The zero-order valence-electron chi connectivity index (χ0n) is 16.2. The zero-order chi connectivity index (χ0) is 18.3. The van der Waals surface area contributed by atoms with Gasteiger partial charge in [0.15, 0.2) is 0 Å². The highest BCUT2D eigenvalue weighted by atomic mass is 31.0. The van der Waals surface area contributed by atoms with Gasteiger partial charge in [-0.15, -0.1) is 0 Å². The third-order valence-corrected chi connectivity index (χ3v) is 6.38. The Balaban J connectivity index is 2.10. The van der Waals surface area contributed by atoms with Gasteiger partial charge in [0.05, 0.1) is 16.6 Å². The maximum Gasteiger partial charge on any atom is 0.133 e. The van der Waals surface area contributed by atoms with E-state index < -0.39 is 0 Å².